The first-order valence-electron chi connectivity index (χ1n) is 6.49. The van der Waals surface area contributed by atoms with Crippen molar-refractivity contribution in [2.75, 3.05) is 13.2 Å². The van der Waals surface area contributed by atoms with Crippen molar-refractivity contribution < 1.29 is 5.11 Å². The van der Waals surface area contributed by atoms with Crippen LogP contribution in [0.2, 0.25) is 5.02 Å². The Morgan fingerprint density at radius 2 is 2.17 bits per heavy atom. The number of aliphatic hydroxyl groups excluding tert-OH is 1. The monoisotopic (exact) mass is 331 g/mol. The van der Waals surface area contributed by atoms with Crippen LogP contribution in [-0.2, 0) is 6.54 Å². The van der Waals surface area contributed by atoms with Gasteiger partial charge in [-0.25, -0.2) is 0 Å². The van der Waals surface area contributed by atoms with E-state index in [1.54, 1.807) is 0 Å². The van der Waals surface area contributed by atoms with Gasteiger partial charge in [0.1, 0.15) is 0 Å². The predicted octanol–water partition coefficient (Wildman–Crippen LogP) is 3.84. The van der Waals surface area contributed by atoms with Gasteiger partial charge in [0.2, 0.25) is 0 Å². The second-order valence-corrected chi connectivity index (χ2v) is 6.21. The number of hydrogen-bond acceptors (Lipinski definition) is 2. The van der Waals surface area contributed by atoms with Gasteiger partial charge in [0.05, 0.1) is 6.61 Å². The standard InChI is InChI=1S/C14H19BrClNO/c15-12-6-5-11(14(16)8-12)9-17-7-3-1-2-4-13(17)10-18/h5-6,8,13,18H,1-4,7,9-10H2. The Balaban J connectivity index is 2.10. The highest BCUT2D eigenvalue weighted by atomic mass is 79.9. The molecule has 1 heterocycles. The molecule has 0 saturated carbocycles. The highest BCUT2D eigenvalue weighted by Crippen LogP contribution is 2.25. The maximum atomic E-state index is 9.50. The Bertz CT molecular complexity index is 399. The zero-order valence-electron chi connectivity index (χ0n) is 10.4. The number of benzene rings is 1. The van der Waals surface area contributed by atoms with Crippen molar-refractivity contribution in [2.24, 2.45) is 0 Å². The fraction of sp³-hybridized carbons (Fsp3) is 0.571. The van der Waals surface area contributed by atoms with Crippen LogP contribution in [0.15, 0.2) is 22.7 Å². The SMILES string of the molecule is OCC1CCCCCN1Cc1ccc(Br)cc1Cl. The number of likely N-dealkylation sites (tertiary alicyclic amines) is 1. The summed E-state index contributed by atoms with van der Waals surface area (Å²) in [7, 11) is 0. The van der Waals surface area contributed by atoms with Crippen molar-refractivity contribution in [1.29, 1.82) is 0 Å². The minimum absolute atomic E-state index is 0.244. The molecule has 1 atom stereocenters. The van der Waals surface area contributed by atoms with Crippen LogP contribution in [0.4, 0.5) is 0 Å². The third-order valence-electron chi connectivity index (χ3n) is 3.60. The molecule has 18 heavy (non-hydrogen) atoms. The average Bonchev–Trinajstić information content (AvgIpc) is 2.57. The number of rotatable bonds is 3. The zero-order chi connectivity index (χ0) is 13.0. The summed E-state index contributed by atoms with van der Waals surface area (Å²) in [6.07, 6.45) is 4.78. The molecule has 1 fully saturated rings. The molecule has 2 rings (SSSR count). The van der Waals surface area contributed by atoms with Crippen LogP contribution in [0.25, 0.3) is 0 Å². The minimum Gasteiger partial charge on any atom is -0.395 e. The lowest BCUT2D eigenvalue weighted by Gasteiger charge is -2.28. The maximum Gasteiger partial charge on any atom is 0.0586 e. The lowest BCUT2D eigenvalue weighted by Crippen LogP contribution is -2.36. The van der Waals surface area contributed by atoms with Gasteiger partial charge in [-0.15, -0.1) is 0 Å². The van der Waals surface area contributed by atoms with Gasteiger partial charge in [-0.2, -0.15) is 0 Å². The van der Waals surface area contributed by atoms with Gasteiger partial charge in [-0.05, 0) is 37.1 Å². The molecular formula is C14H19BrClNO. The van der Waals surface area contributed by atoms with Crippen LogP contribution in [-0.4, -0.2) is 29.2 Å². The van der Waals surface area contributed by atoms with E-state index in [1.807, 2.05) is 12.1 Å². The molecule has 100 valence electrons. The molecule has 1 unspecified atom stereocenters. The summed E-state index contributed by atoms with van der Waals surface area (Å²) in [4.78, 5) is 2.36. The van der Waals surface area contributed by atoms with Crippen LogP contribution in [0.3, 0.4) is 0 Å². The Kier molecular flexibility index (Phi) is 5.49. The average molecular weight is 333 g/mol. The first-order chi connectivity index (χ1) is 8.70. The summed E-state index contributed by atoms with van der Waals surface area (Å²) in [5.74, 6) is 0. The molecule has 0 radical (unpaired) electrons. The van der Waals surface area contributed by atoms with Crippen LogP contribution >= 0.6 is 27.5 Å². The topological polar surface area (TPSA) is 23.5 Å². The third kappa shape index (κ3) is 3.70. The fourth-order valence-corrected chi connectivity index (χ4v) is 3.25. The van der Waals surface area contributed by atoms with Crippen molar-refractivity contribution in [3.05, 3.63) is 33.3 Å². The molecule has 0 aliphatic carbocycles. The van der Waals surface area contributed by atoms with Gasteiger partial charge < -0.3 is 5.11 Å². The highest BCUT2D eigenvalue weighted by Gasteiger charge is 2.20. The number of halogens is 2. The fourth-order valence-electron chi connectivity index (χ4n) is 2.52. The zero-order valence-corrected chi connectivity index (χ0v) is 12.8. The van der Waals surface area contributed by atoms with E-state index in [2.05, 4.69) is 26.9 Å². The van der Waals surface area contributed by atoms with Crippen molar-refractivity contribution in [3.8, 4) is 0 Å². The van der Waals surface area contributed by atoms with Gasteiger partial charge >= 0.3 is 0 Å². The number of nitrogens with zero attached hydrogens (tertiary/aromatic N) is 1. The van der Waals surface area contributed by atoms with Crippen molar-refractivity contribution in [1.82, 2.24) is 4.90 Å². The summed E-state index contributed by atoms with van der Waals surface area (Å²) in [6.45, 7) is 2.13. The molecule has 4 heteroatoms. The van der Waals surface area contributed by atoms with Gasteiger partial charge in [-0.1, -0.05) is 46.4 Å². The molecule has 0 bridgehead atoms. The van der Waals surface area contributed by atoms with E-state index in [9.17, 15) is 5.11 Å². The second kappa shape index (κ2) is 6.90. The highest BCUT2D eigenvalue weighted by molar-refractivity contribution is 9.10. The quantitative estimate of drug-likeness (QED) is 0.909. The van der Waals surface area contributed by atoms with Crippen molar-refractivity contribution >= 4 is 27.5 Å². The van der Waals surface area contributed by atoms with Crippen LogP contribution in [0.5, 0.6) is 0 Å². The minimum atomic E-state index is 0.244. The molecule has 0 aromatic heterocycles. The van der Waals surface area contributed by atoms with Crippen LogP contribution in [0.1, 0.15) is 31.2 Å². The summed E-state index contributed by atoms with van der Waals surface area (Å²) < 4.78 is 1.01. The van der Waals surface area contributed by atoms with E-state index < -0.39 is 0 Å². The number of aliphatic hydroxyl groups is 1. The van der Waals surface area contributed by atoms with Crippen molar-refractivity contribution in [3.63, 3.8) is 0 Å². The second-order valence-electron chi connectivity index (χ2n) is 4.89. The first kappa shape index (κ1) is 14.3. The van der Waals surface area contributed by atoms with Crippen LogP contribution in [0, 0.1) is 0 Å². The van der Waals surface area contributed by atoms with E-state index in [1.165, 1.54) is 19.3 Å². The number of hydrogen-bond donors (Lipinski definition) is 1. The Hall–Kier alpha value is -0.0900. The maximum absolute atomic E-state index is 9.50. The van der Waals surface area contributed by atoms with Crippen molar-refractivity contribution in [2.45, 2.75) is 38.3 Å². The third-order valence-corrected chi connectivity index (χ3v) is 4.44. The molecule has 1 aromatic carbocycles. The summed E-state index contributed by atoms with van der Waals surface area (Å²) in [5, 5.41) is 10.3. The molecule has 0 amide bonds. The smallest absolute Gasteiger partial charge is 0.0586 e. The van der Waals surface area contributed by atoms with E-state index in [4.69, 9.17) is 11.6 Å². The summed E-state index contributed by atoms with van der Waals surface area (Å²) >= 11 is 9.68. The van der Waals surface area contributed by atoms with Gasteiger partial charge in [-0.3, -0.25) is 4.90 Å². The van der Waals surface area contributed by atoms with Gasteiger partial charge in [0.15, 0.2) is 0 Å². The molecule has 1 aliphatic heterocycles. The summed E-state index contributed by atoms with van der Waals surface area (Å²) in [6, 6.07) is 6.30. The summed E-state index contributed by atoms with van der Waals surface area (Å²) in [5.41, 5.74) is 1.14. The van der Waals surface area contributed by atoms with E-state index in [0.717, 1.165) is 34.6 Å². The molecule has 1 aliphatic rings. The largest absolute Gasteiger partial charge is 0.395 e. The molecule has 1 aromatic rings. The predicted molar refractivity (Wildman–Crippen MR) is 78.9 cm³/mol. The van der Waals surface area contributed by atoms with E-state index in [-0.39, 0.29) is 12.6 Å². The van der Waals surface area contributed by atoms with Gasteiger partial charge in [0.25, 0.3) is 0 Å². The Morgan fingerprint density at radius 1 is 1.33 bits per heavy atom. The Morgan fingerprint density at radius 3 is 2.89 bits per heavy atom. The Labute approximate surface area is 122 Å². The molecule has 1 N–H and O–H groups in total. The molecule has 0 spiro atoms. The normalized spacial score (nSPS) is 21.8. The first-order valence-corrected chi connectivity index (χ1v) is 7.66. The molecule has 2 nitrogen and oxygen atoms in total. The van der Waals surface area contributed by atoms with Gasteiger partial charge in [0, 0.05) is 22.1 Å². The lowest BCUT2D eigenvalue weighted by molar-refractivity contribution is 0.118. The molecule has 1 saturated heterocycles. The van der Waals surface area contributed by atoms with E-state index >= 15 is 0 Å². The lowest BCUT2D eigenvalue weighted by atomic mass is 10.1. The molecular weight excluding hydrogens is 314 g/mol. The van der Waals surface area contributed by atoms with Crippen LogP contribution < -0.4 is 0 Å². The van der Waals surface area contributed by atoms with E-state index in [0.29, 0.717) is 0 Å².